The predicted molar refractivity (Wildman–Crippen MR) is 276 cm³/mol. The predicted octanol–water partition coefficient (Wildman–Crippen LogP) is 7.17. The number of hydrogen-bond donors (Lipinski definition) is 4. The highest BCUT2D eigenvalue weighted by Crippen LogP contribution is 2.39. The van der Waals surface area contributed by atoms with E-state index >= 15 is 0 Å². The van der Waals surface area contributed by atoms with Crippen LogP contribution in [-0.2, 0) is 49.7 Å². The Kier molecular flexibility index (Phi) is 12.7. The molecule has 0 aromatic carbocycles. The van der Waals surface area contributed by atoms with Crippen LogP contribution >= 0.6 is 0 Å². The molecule has 12 rings (SSSR count). The lowest BCUT2D eigenvalue weighted by molar-refractivity contribution is 0.0958. The molecular formula is C54H58N14O4. The topological polar surface area (TPSA) is 194 Å². The molecule has 368 valence electrons. The molecule has 72 heavy (non-hydrogen) atoms. The number of hydrogen-bond acceptors (Lipinski definition) is 14. The van der Waals surface area contributed by atoms with E-state index in [1.165, 1.54) is 11.1 Å². The molecule has 0 bridgehead atoms. The van der Waals surface area contributed by atoms with Gasteiger partial charge in [0.1, 0.15) is 22.9 Å². The lowest BCUT2D eigenvalue weighted by atomic mass is 9.96. The quantitative estimate of drug-likeness (QED) is 0.0963. The number of aromatic nitrogens is 8. The van der Waals surface area contributed by atoms with E-state index in [2.05, 4.69) is 53.2 Å². The van der Waals surface area contributed by atoms with Gasteiger partial charge in [-0.25, -0.2) is 19.9 Å². The van der Waals surface area contributed by atoms with Crippen molar-refractivity contribution in [3.05, 3.63) is 130 Å². The molecule has 0 radical (unpaired) electrons. The van der Waals surface area contributed by atoms with Crippen LogP contribution < -0.4 is 21.3 Å². The van der Waals surface area contributed by atoms with E-state index in [9.17, 15) is 9.59 Å². The van der Waals surface area contributed by atoms with Gasteiger partial charge < -0.3 is 49.7 Å². The number of ether oxygens (including phenoxy) is 2. The van der Waals surface area contributed by atoms with Crippen molar-refractivity contribution in [2.24, 2.45) is 14.1 Å². The molecule has 0 saturated carbocycles. The van der Waals surface area contributed by atoms with Gasteiger partial charge in [0.15, 0.2) is 0 Å². The molecule has 2 amide bonds. The van der Waals surface area contributed by atoms with Crippen molar-refractivity contribution in [2.45, 2.75) is 50.9 Å². The van der Waals surface area contributed by atoms with Crippen LogP contribution in [0.2, 0.25) is 0 Å². The summed E-state index contributed by atoms with van der Waals surface area (Å²) < 4.78 is 15.2. The number of amides is 2. The third-order valence-electron chi connectivity index (χ3n) is 13.9. The normalized spacial score (nSPS) is 17.1. The maximum Gasteiger partial charge on any atom is 0.254 e. The van der Waals surface area contributed by atoms with Crippen molar-refractivity contribution < 1.29 is 19.1 Å². The summed E-state index contributed by atoms with van der Waals surface area (Å²) >= 11 is 0. The molecule has 2 atom stereocenters. The van der Waals surface area contributed by atoms with Crippen LogP contribution in [0, 0.1) is 0 Å². The molecule has 4 N–H and O–H groups in total. The first-order valence-corrected chi connectivity index (χ1v) is 24.4. The number of aryl methyl sites for hydroxylation is 2. The van der Waals surface area contributed by atoms with Gasteiger partial charge in [-0.05, 0) is 88.6 Å². The Morgan fingerprint density at radius 2 is 1.06 bits per heavy atom. The van der Waals surface area contributed by atoms with Gasteiger partial charge >= 0.3 is 0 Å². The average molecular weight is 967 g/mol. The Bertz CT molecular complexity index is 3160. The maximum absolute atomic E-state index is 12.9. The molecule has 18 nitrogen and oxygen atoms in total. The Hall–Kier alpha value is -7.64. The average Bonchev–Trinajstić information content (AvgIpc) is 4.25. The zero-order valence-corrected chi connectivity index (χ0v) is 41.4. The molecule has 4 aliphatic rings. The SMILES string of the molecule is CN(C)Cc1nc(Nc2cnc(-c3ccnc4c3ccn4C)c3c2C(=O)NC3)ccc1[C@@H]1CCOC1.CN(C)Cc1nc(Nc2cnc(-c3ccnc4c3ccn4C)c3c2C(=O)NC3)ccc1[C@H]1CCOC1. The second kappa shape index (κ2) is 19.5. The first kappa shape index (κ1) is 46.7. The van der Waals surface area contributed by atoms with E-state index < -0.39 is 0 Å². The maximum atomic E-state index is 12.9. The Morgan fingerprint density at radius 3 is 1.46 bits per heavy atom. The summed E-state index contributed by atoms with van der Waals surface area (Å²) in [6, 6.07) is 16.2. The highest BCUT2D eigenvalue weighted by Gasteiger charge is 2.31. The Balaban J connectivity index is 0.000000156. The van der Waals surface area contributed by atoms with Crippen molar-refractivity contribution in [3.63, 3.8) is 0 Å². The van der Waals surface area contributed by atoms with Crippen LogP contribution in [0.3, 0.4) is 0 Å². The molecule has 12 heterocycles. The number of nitrogens with one attached hydrogen (secondary N) is 4. The zero-order valence-electron chi connectivity index (χ0n) is 41.4. The largest absolute Gasteiger partial charge is 0.381 e. The fraction of sp³-hybridized carbons (Fsp3) is 0.333. The van der Waals surface area contributed by atoms with E-state index in [1.807, 2.05) is 100 Å². The summed E-state index contributed by atoms with van der Waals surface area (Å²) in [6.07, 6.45) is 13.0. The summed E-state index contributed by atoms with van der Waals surface area (Å²) in [5, 5.41) is 14.7. The van der Waals surface area contributed by atoms with Crippen LogP contribution in [0.4, 0.5) is 23.0 Å². The van der Waals surface area contributed by atoms with Crippen LogP contribution in [0.15, 0.2) is 85.7 Å². The fourth-order valence-electron chi connectivity index (χ4n) is 10.5. The molecule has 18 heteroatoms. The number of rotatable bonds is 12. The van der Waals surface area contributed by atoms with Crippen LogP contribution in [0.5, 0.6) is 0 Å². The molecule has 4 aliphatic heterocycles. The molecular weight excluding hydrogens is 909 g/mol. The van der Waals surface area contributed by atoms with Crippen molar-refractivity contribution in [1.29, 1.82) is 0 Å². The standard InChI is InChI=1S/2C27H29N7O2/c2*1-33(2)14-22-17(16-8-11-36-15-16)4-5-23(32-22)31-21-13-29-25(20-12-30-27(35)24(20)21)18-6-9-28-26-19(18)7-10-34(26)3/h2*4-7,9-10,13,16H,8,11-12,14-15H2,1-3H3,(H,30,35)(H,31,32)/t2*16-/m10/s1. The van der Waals surface area contributed by atoms with Crippen molar-refractivity contribution in [1.82, 2.24) is 59.5 Å². The molecule has 8 aromatic heterocycles. The summed E-state index contributed by atoms with van der Waals surface area (Å²) in [5.74, 6) is 1.91. The van der Waals surface area contributed by atoms with Gasteiger partial charge in [0, 0.05) is 123 Å². The zero-order chi connectivity index (χ0) is 49.6. The van der Waals surface area contributed by atoms with Crippen molar-refractivity contribution in [3.8, 4) is 22.5 Å². The Labute approximate surface area is 417 Å². The smallest absolute Gasteiger partial charge is 0.254 e. The fourth-order valence-corrected chi connectivity index (χ4v) is 10.5. The molecule has 2 saturated heterocycles. The van der Waals surface area contributed by atoms with E-state index in [0.29, 0.717) is 59.1 Å². The van der Waals surface area contributed by atoms with E-state index in [0.717, 1.165) is 119 Å². The first-order chi connectivity index (χ1) is 35.0. The number of pyridine rings is 6. The molecule has 0 unspecified atom stereocenters. The van der Waals surface area contributed by atoms with Gasteiger partial charge in [-0.1, -0.05) is 12.1 Å². The molecule has 0 spiro atoms. The number of anilines is 4. The van der Waals surface area contributed by atoms with Crippen LogP contribution in [0.25, 0.3) is 44.6 Å². The number of nitrogens with zero attached hydrogens (tertiary/aromatic N) is 10. The molecule has 2 fully saturated rings. The van der Waals surface area contributed by atoms with Crippen molar-refractivity contribution >= 4 is 56.9 Å². The second-order valence-corrected chi connectivity index (χ2v) is 19.5. The minimum absolute atomic E-state index is 0.109. The third kappa shape index (κ3) is 8.91. The summed E-state index contributed by atoms with van der Waals surface area (Å²) in [5.41, 5.74) is 14.1. The number of fused-ring (bicyclic) bond motifs is 4. The monoisotopic (exact) mass is 966 g/mol. The van der Waals surface area contributed by atoms with E-state index in [1.54, 1.807) is 24.8 Å². The highest BCUT2D eigenvalue weighted by atomic mass is 16.5. The van der Waals surface area contributed by atoms with E-state index in [4.69, 9.17) is 29.4 Å². The van der Waals surface area contributed by atoms with Gasteiger partial charge in [0.25, 0.3) is 11.8 Å². The third-order valence-corrected chi connectivity index (χ3v) is 13.9. The number of carbonyl (C=O) groups excluding carboxylic acids is 2. The summed E-state index contributed by atoms with van der Waals surface area (Å²) in [6.45, 7) is 5.37. The lowest BCUT2D eigenvalue weighted by Gasteiger charge is -2.19. The minimum Gasteiger partial charge on any atom is -0.381 e. The van der Waals surface area contributed by atoms with Crippen LogP contribution in [-0.4, -0.2) is 115 Å². The van der Waals surface area contributed by atoms with Gasteiger partial charge in [-0.2, -0.15) is 0 Å². The Morgan fingerprint density at radius 1 is 0.611 bits per heavy atom. The highest BCUT2D eigenvalue weighted by molar-refractivity contribution is 6.08. The van der Waals surface area contributed by atoms with Gasteiger partial charge in [0.2, 0.25) is 0 Å². The van der Waals surface area contributed by atoms with E-state index in [-0.39, 0.29) is 11.8 Å². The van der Waals surface area contributed by atoms with Gasteiger partial charge in [0.05, 0.1) is 70.9 Å². The molecule has 0 aliphatic carbocycles. The van der Waals surface area contributed by atoms with Crippen molar-refractivity contribution in [2.75, 3.05) is 65.3 Å². The number of carbonyl (C=O) groups is 2. The first-order valence-electron chi connectivity index (χ1n) is 24.4. The molecule has 8 aromatic rings. The lowest BCUT2D eigenvalue weighted by Crippen LogP contribution is -2.16. The summed E-state index contributed by atoms with van der Waals surface area (Å²) in [7, 11) is 12.1. The summed E-state index contributed by atoms with van der Waals surface area (Å²) in [4.78, 5) is 58.6. The van der Waals surface area contributed by atoms with Gasteiger partial charge in [-0.3, -0.25) is 19.6 Å². The van der Waals surface area contributed by atoms with Gasteiger partial charge in [-0.15, -0.1) is 0 Å². The van der Waals surface area contributed by atoms with Crippen LogP contribution in [0.1, 0.15) is 79.0 Å². The minimum atomic E-state index is -0.109. The second-order valence-electron chi connectivity index (χ2n) is 19.5.